The molecule has 0 aromatic heterocycles. The first kappa shape index (κ1) is 15.8. The Morgan fingerprint density at radius 1 is 1.43 bits per heavy atom. The predicted molar refractivity (Wildman–Crippen MR) is 71.0 cm³/mol. The highest BCUT2D eigenvalue weighted by Gasteiger charge is 2.36. The second kappa shape index (κ2) is 6.44. The Morgan fingerprint density at radius 3 is 2.81 bits per heavy atom. The van der Waals surface area contributed by atoms with Crippen molar-refractivity contribution in [2.45, 2.75) is 12.3 Å². The molecule has 1 aliphatic rings. The molecule has 1 unspecified atom stereocenters. The van der Waals surface area contributed by atoms with Gasteiger partial charge in [0.05, 0.1) is 23.8 Å². The molecule has 116 valence electrons. The third-order valence-corrected chi connectivity index (χ3v) is 3.32. The Labute approximate surface area is 120 Å². The summed E-state index contributed by atoms with van der Waals surface area (Å²) in [5, 5.41) is 2.93. The summed E-state index contributed by atoms with van der Waals surface area (Å²) in [6.45, 7) is 1.45. The zero-order valence-corrected chi connectivity index (χ0v) is 11.6. The first-order chi connectivity index (χ1) is 9.93. The van der Waals surface area contributed by atoms with Gasteiger partial charge in [-0.2, -0.15) is 13.2 Å². The van der Waals surface area contributed by atoms with Crippen LogP contribution in [0.25, 0.3) is 0 Å². The third-order valence-electron chi connectivity index (χ3n) is 3.32. The number of morpholine rings is 1. The zero-order chi connectivity index (χ0) is 15.5. The molecule has 2 rings (SSSR count). The summed E-state index contributed by atoms with van der Waals surface area (Å²) in [6, 6.07) is 4.86. The number of benzene rings is 1. The number of hydrogen-bond donors (Lipinski definition) is 1. The number of amides is 1. The van der Waals surface area contributed by atoms with Crippen LogP contribution in [0.5, 0.6) is 0 Å². The lowest BCUT2D eigenvalue weighted by molar-refractivity contribution is -0.138. The maximum absolute atomic E-state index is 13.0. The molecule has 1 aliphatic heterocycles. The van der Waals surface area contributed by atoms with Crippen molar-refractivity contribution in [3.05, 3.63) is 35.4 Å². The van der Waals surface area contributed by atoms with Gasteiger partial charge in [0.25, 0.3) is 5.91 Å². The van der Waals surface area contributed by atoms with E-state index in [2.05, 4.69) is 5.32 Å². The van der Waals surface area contributed by atoms with Crippen molar-refractivity contribution >= 4 is 5.91 Å². The van der Waals surface area contributed by atoms with Crippen molar-refractivity contribution in [1.29, 1.82) is 0 Å². The summed E-state index contributed by atoms with van der Waals surface area (Å²) in [4.78, 5) is 13.8. The van der Waals surface area contributed by atoms with E-state index in [4.69, 9.17) is 4.74 Å². The van der Waals surface area contributed by atoms with E-state index in [9.17, 15) is 18.0 Å². The van der Waals surface area contributed by atoms with Gasteiger partial charge in [0.2, 0.25) is 0 Å². The van der Waals surface area contributed by atoms with Gasteiger partial charge < -0.3 is 15.0 Å². The molecule has 0 spiro atoms. The summed E-state index contributed by atoms with van der Waals surface area (Å²) in [7, 11) is 1.75. The second-order valence-electron chi connectivity index (χ2n) is 4.84. The van der Waals surface area contributed by atoms with Crippen LogP contribution in [-0.4, -0.2) is 50.2 Å². The molecule has 0 aliphatic carbocycles. The van der Waals surface area contributed by atoms with Crippen molar-refractivity contribution in [3.63, 3.8) is 0 Å². The van der Waals surface area contributed by atoms with Gasteiger partial charge in [-0.05, 0) is 19.2 Å². The number of carbonyl (C=O) groups excluding carboxylic acids is 1. The number of ether oxygens (including phenoxy) is 1. The van der Waals surface area contributed by atoms with Gasteiger partial charge in [0.15, 0.2) is 0 Å². The number of carbonyl (C=O) groups is 1. The van der Waals surface area contributed by atoms with Crippen LogP contribution in [0.2, 0.25) is 0 Å². The van der Waals surface area contributed by atoms with Gasteiger partial charge in [-0.3, -0.25) is 4.79 Å². The van der Waals surface area contributed by atoms with Crippen molar-refractivity contribution in [2.24, 2.45) is 0 Å². The Kier molecular flexibility index (Phi) is 4.84. The van der Waals surface area contributed by atoms with Gasteiger partial charge in [0.1, 0.15) is 0 Å². The average Bonchev–Trinajstić information content (AvgIpc) is 2.46. The highest BCUT2D eigenvalue weighted by atomic mass is 19.4. The Bertz CT molecular complexity index is 503. The van der Waals surface area contributed by atoms with E-state index in [0.29, 0.717) is 19.7 Å². The molecule has 7 heteroatoms. The molecule has 1 N–H and O–H groups in total. The Hall–Kier alpha value is -1.60. The van der Waals surface area contributed by atoms with E-state index < -0.39 is 17.6 Å². The number of alkyl halides is 3. The summed E-state index contributed by atoms with van der Waals surface area (Å²) >= 11 is 0. The highest BCUT2D eigenvalue weighted by molar-refractivity contribution is 5.96. The molecule has 4 nitrogen and oxygen atoms in total. The predicted octanol–water partition coefficient (Wildman–Crippen LogP) is 1.77. The van der Waals surface area contributed by atoms with Crippen molar-refractivity contribution in [2.75, 3.05) is 33.3 Å². The van der Waals surface area contributed by atoms with E-state index in [1.54, 1.807) is 7.05 Å². The van der Waals surface area contributed by atoms with Crippen molar-refractivity contribution in [3.8, 4) is 0 Å². The second-order valence-corrected chi connectivity index (χ2v) is 4.84. The summed E-state index contributed by atoms with van der Waals surface area (Å²) in [5.41, 5.74) is -1.21. The van der Waals surface area contributed by atoms with Crippen LogP contribution < -0.4 is 5.32 Å². The van der Waals surface area contributed by atoms with Crippen molar-refractivity contribution in [1.82, 2.24) is 10.2 Å². The minimum Gasteiger partial charge on any atom is -0.373 e. The van der Waals surface area contributed by atoms with Crippen LogP contribution in [0.3, 0.4) is 0 Å². The molecule has 1 atom stereocenters. The first-order valence-corrected chi connectivity index (χ1v) is 6.65. The fraction of sp³-hybridized carbons (Fsp3) is 0.500. The third kappa shape index (κ3) is 3.74. The largest absolute Gasteiger partial charge is 0.417 e. The molecule has 1 aromatic carbocycles. The minimum absolute atomic E-state index is 0.203. The van der Waals surface area contributed by atoms with Crippen LogP contribution >= 0.6 is 0 Å². The lowest BCUT2D eigenvalue weighted by Crippen LogP contribution is -2.48. The lowest BCUT2D eigenvalue weighted by atomic mass is 10.1. The molecule has 1 fully saturated rings. The number of rotatable bonds is 3. The normalized spacial score (nSPS) is 19.6. The maximum atomic E-state index is 13.0. The SMILES string of the molecule is CNCC1CN(C(=O)c2ccccc2C(F)(F)F)CCO1. The van der Waals surface area contributed by atoms with Gasteiger partial charge in [-0.25, -0.2) is 0 Å². The molecule has 0 bridgehead atoms. The number of halogens is 3. The zero-order valence-electron chi connectivity index (χ0n) is 11.6. The molecule has 21 heavy (non-hydrogen) atoms. The van der Waals surface area contributed by atoms with E-state index in [1.165, 1.54) is 23.1 Å². The van der Waals surface area contributed by atoms with Gasteiger partial charge >= 0.3 is 6.18 Å². The van der Waals surface area contributed by atoms with Gasteiger partial charge in [-0.15, -0.1) is 0 Å². The molecule has 1 saturated heterocycles. The molecule has 1 aromatic rings. The number of nitrogens with zero attached hydrogens (tertiary/aromatic N) is 1. The van der Waals surface area contributed by atoms with E-state index in [1.807, 2.05) is 0 Å². The van der Waals surface area contributed by atoms with Crippen molar-refractivity contribution < 1.29 is 22.7 Å². The standard InChI is InChI=1S/C14H17F3N2O2/c1-18-8-10-9-19(6-7-21-10)13(20)11-4-2-3-5-12(11)14(15,16)17/h2-5,10,18H,6-9H2,1H3. The fourth-order valence-electron chi connectivity index (χ4n) is 2.34. The number of nitrogens with one attached hydrogen (secondary N) is 1. The minimum atomic E-state index is -4.54. The van der Waals surface area contributed by atoms with E-state index in [0.717, 1.165) is 6.07 Å². The van der Waals surface area contributed by atoms with Crippen LogP contribution in [-0.2, 0) is 10.9 Å². The van der Waals surface area contributed by atoms with Crippen LogP contribution in [0, 0.1) is 0 Å². The molecule has 0 saturated carbocycles. The first-order valence-electron chi connectivity index (χ1n) is 6.65. The maximum Gasteiger partial charge on any atom is 0.417 e. The lowest BCUT2D eigenvalue weighted by Gasteiger charge is -2.33. The average molecular weight is 302 g/mol. The molecule has 1 amide bonds. The topological polar surface area (TPSA) is 41.6 Å². The van der Waals surface area contributed by atoms with Gasteiger partial charge in [-0.1, -0.05) is 12.1 Å². The van der Waals surface area contributed by atoms with E-state index in [-0.39, 0.29) is 18.2 Å². The monoisotopic (exact) mass is 302 g/mol. The highest BCUT2D eigenvalue weighted by Crippen LogP contribution is 2.32. The molecular weight excluding hydrogens is 285 g/mol. The fourth-order valence-corrected chi connectivity index (χ4v) is 2.34. The number of hydrogen-bond acceptors (Lipinski definition) is 3. The van der Waals surface area contributed by atoms with Crippen LogP contribution in [0.15, 0.2) is 24.3 Å². The molecular formula is C14H17F3N2O2. The smallest absolute Gasteiger partial charge is 0.373 e. The molecule has 1 heterocycles. The van der Waals surface area contributed by atoms with Crippen LogP contribution in [0.1, 0.15) is 15.9 Å². The number of likely N-dealkylation sites (N-methyl/N-ethyl adjacent to an activating group) is 1. The van der Waals surface area contributed by atoms with E-state index >= 15 is 0 Å². The molecule has 0 radical (unpaired) electrons. The van der Waals surface area contributed by atoms with Gasteiger partial charge in [0, 0.05) is 19.6 Å². The summed E-state index contributed by atoms with van der Waals surface area (Å²) in [5.74, 6) is -0.604. The Balaban J connectivity index is 2.20. The quantitative estimate of drug-likeness (QED) is 0.925. The Morgan fingerprint density at radius 2 is 2.14 bits per heavy atom. The van der Waals surface area contributed by atoms with Crippen LogP contribution in [0.4, 0.5) is 13.2 Å². The summed E-state index contributed by atoms with van der Waals surface area (Å²) < 4.78 is 44.4. The summed E-state index contributed by atoms with van der Waals surface area (Å²) in [6.07, 6.45) is -4.74.